The monoisotopic (exact) mass is 358 g/mol. The van der Waals surface area contributed by atoms with Gasteiger partial charge in [0.15, 0.2) is 5.58 Å². The SMILES string of the molecule is CCOc1c(Cl)cc(Cl)cc1/C=C(\C#N)c1nc2ccccc2o1. The van der Waals surface area contributed by atoms with Gasteiger partial charge in [-0.25, -0.2) is 4.98 Å². The molecule has 6 heteroatoms. The fraction of sp³-hybridized carbons (Fsp3) is 0.111. The molecule has 1 heterocycles. The number of fused-ring (bicyclic) bond motifs is 1. The summed E-state index contributed by atoms with van der Waals surface area (Å²) >= 11 is 12.3. The smallest absolute Gasteiger partial charge is 0.238 e. The topological polar surface area (TPSA) is 59.0 Å². The summed E-state index contributed by atoms with van der Waals surface area (Å²) in [6.45, 7) is 2.29. The molecule has 0 saturated carbocycles. The fourth-order valence-electron chi connectivity index (χ4n) is 2.27. The van der Waals surface area contributed by atoms with E-state index in [9.17, 15) is 5.26 Å². The van der Waals surface area contributed by atoms with E-state index in [1.807, 2.05) is 25.1 Å². The van der Waals surface area contributed by atoms with Crippen molar-refractivity contribution in [3.63, 3.8) is 0 Å². The van der Waals surface area contributed by atoms with E-state index < -0.39 is 0 Å². The van der Waals surface area contributed by atoms with Crippen molar-refractivity contribution in [2.45, 2.75) is 6.92 Å². The first-order chi connectivity index (χ1) is 11.6. The minimum atomic E-state index is 0.234. The summed E-state index contributed by atoms with van der Waals surface area (Å²) in [4.78, 5) is 4.34. The molecule has 0 fully saturated rings. The molecule has 2 aromatic carbocycles. The second-order valence-corrected chi connectivity index (χ2v) is 5.74. The molecule has 0 N–H and O–H groups in total. The second-order valence-electron chi connectivity index (χ2n) is 4.90. The van der Waals surface area contributed by atoms with Crippen LogP contribution in [0.1, 0.15) is 18.4 Å². The van der Waals surface area contributed by atoms with Gasteiger partial charge in [0.2, 0.25) is 5.89 Å². The zero-order valence-electron chi connectivity index (χ0n) is 12.7. The lowest BCUT2D eigenvalue weighted by Crippen LogP contribution is -1.95. The van der Waals surface area contributed by atoms with Crippen LogP contribution in [0.5, 0.6) is 5.75 Å². The maximum atomic E-state index is 9.50. The van der Waals surface area contributed by atoms with Crippen LogP contribution in [0.15, 0.2) is 40.8 Å². The molecule has 0 spiro atoms. The van der Waals surface area contributed by atoms with Crippen molar-refractivity contribution in [2.75, 3.05) is 6.61 Å². The Morgan fingerprint density at radius 1 is 1.33 bits per heavy atom. The van der Waals surface area contributed by atoms with Crippen molar-refractivity contribution in [2.24, 2.45) is 0 Å². The number of hydrogen-bond donors (Lipinski definition) is 0. The molecular formula is C18H12Cl2N2O2. The Labute approximate surface area is 148 Å². The predicted molar refractivity (Wildman–Crippen MR) is 95.1 cm³/mol. The fourth-order valence-corrected chi connectivity index (χ4v) is 2.83. The van der Waals surface area contributed by atoms with Crippen LogP contribution in [-0.4, -0.2) is 11.6 Å². The Morgan fingerprint density at radius 2 is 2.12 bits per heavy atom. The normalized spacial score (nSPS) is 11.5. The molecule has 24 heavy (non-hydrogen) atoms. The molecular weight excluding hydrogens is 347 g/mol. The van der Waals surface area contributed by atoms with Gasteiger partial charge in [0.25, 0.3) is 0 Å². The van der Waals surface area contributed by atoms with E-state index in [-0.39, 0.29) is 11.5 Å². The van der Waals surface area contributed by atoms with Gasteiger partial charge in [-0.05, 0) is 37.3 Å². The zero-order chi connectivity index (χ0) is 17.1. The van der Waals surface area contributed by atoms with E-state index in [1.54, 1.807) is 24.3 Å². The first-order valence-corrected chi connectivity index (χ1v) is 7.97. The van der Waals surface area contributed by atoms with Gasteiger partial charge in [-0.3, -0.25) is 0 Å². The lowest BCUT2D eigenvalue weighted by molar-refractivity contribution is 0.340. The highest BCUT2D eigenvalue weighted by atomic mass is 35.5. The van der Waals surface area contributed by atoms with Gasteiger partial charge in [-0.1, -0.05) is 35.3 Å². The van der Waals surface area contributed by atoms with Gasteiger partial charge < -0.3 is 9.15 Å². The van der Waals surface area contributed by atoms with E-state index in [0.717, 1.165) is 0 Å². The van der Waals surface area contributed by atoms with Crippen molar-refractivity contribution >= 4 is 46.0 Å². The van der Waals surface area contributed by atoms with Crippen molar-refractivity contribution < 1.29 is 9.15 Å². The van der Waals surface area contributed by atoms with E-state index in [1.165, 1.54) is 0 Å². The summed E-state index contributed by atoms with van der Waals surface area (Å²) in [5.74, 6) is 0.699. The van der Waals surface area contributed by atoms with Crippen LogP contribution in [0.3, 0.4) is 0 Å². The van der Waals surface area contributed by atoms with Gasteiger partial charge in [0.05, 0.1) is 11.6 Å². The summed E-state index contributed by atoms with van der Waals surface area (Å²) in [6.07, 6.45) is 1.60. The molecule has 0 aliphatic rings. The molecule has 3 aromatic rings. The first kappa shape index (κ1) is 16.4. The van der Waals surface area contributed by atoms with Crippen LogP contribution >= 0.6 is 23.2 Å². The van der Waals surface area contributed by atoms with E-state index in [4.69, 9.17) is 32.4 Å². The van der Waals surface area contributed by atoms with Crippen molar-refractivity contribution in [3.05, 3.63) is 57.9 Å². The number of allylic oxidation sites excluding steroid dienone is 1. The van der Waals surface area contributed by atoms with E-state index in [2.05, 4.69) is 11.1 Å². The average molecular weight is 359 g/mol. The highest BCUT2D eigenvalue weighted by Crippen LogP contribution is 2.35. The molecule has 0 radical (unpaired) electrons. The Kier molecular flexibility index (Phi) is 4.75. The highest BCUT2D eigenvalue weighted by Gasteiger charge is 2.14. The molecule has 0 aliphatic carbocycles. The van der Waals surface area contributed by atoms with Crippen LogP contribution in [0.2, 0.25) is 10.0 Å². The largest absolute Gasteiger partial charge is 0.492 e. The van der Waals surface area contributed by atoms with Gasteiger partial charge >= 0.3 is 0 Å². The summed E-state index contributed by atoms with van der Waals surface area (Å²) in [6, 6.07) is 12.7. The number of para-hydroxylation sites is 2. The lowest BCUT2D eigenvalue weighted by Gasteiger charge is -2.10. The molecule has 0 atom stereocenters. The van der Waals surface area contributed by atoms with Gasteiger partial charge in [-0.2, -0.15) is 5.26 Å². The first-order valence-electron chi connectivity index (χ1n) is 7.22. The van der Waals surface area contributed by atoms with Crippen LogP contribution in [-0.2, 0) is 0 Å². The summed E-state index contributed by atoms with van der Waals surface area (Å²) in [5.41, 5.74) is 2.14. The Hall–Kier alpha value is -2.48. The minimum Gasteiger partial charge on any atom is -0.492 e. The number of benzene rings is 2. The Bertz CT molecular complexity index is 938. The summed E-state index contributed by atoms with van der Waals surface area (Å²) in [5, 5.41) is 10.3. The third-order valence-electron chi connectivity index (χ3n) is 3.27. The number of nitrogens with zero attached hydrogens (tertiary/aromatic N) is 2. The Balaban J connectivity index is 2.13. The van der Waals surface area contributed by atoms with Gasteiger partial charge in [-0.15, -0.1) is 0 Å². The Morgan fingerprint density at radius 3 is 2.83 bits per heavy atom. The molecule has 0 saturated heterocycles. The van der Waals surface area contributed by atoms with Gasteiger partial charge in [0.1, 0.15) is 22.9 Å². The quantitative estimate of drug-likeness (QED) is 0.569. The third kappa shape index (κ3) is 3.23. The van der Waals surface area contributed by atoms with Crippen molar-refractivity contribution in [1.29, 1.82) is 5.26 Å². The van der Waals surface area contributed by atoms with Gasteiger partial charge in [0, 0.05) is 10.6 Å². The molecule has 0 bridgehead atoms. The predicted octanol–water partition coefficient (Wildman–Crippen LogP) is 5.60. The molecule has 0 unspecified atom stereocenters. The number of nitriles is 1. The van der Waals surface area contributed by atoms with Crippen LogP contribution in [0.4, 0.5) is 0 Å². The maximum Gasteiger partial charge on any atom is 0.238 e. The maximum absolute atomic E-state index is 9.50. The standard InChI is InChI=1S/C18H12Cl2N2O2/c1-2-23-17-11(8-13(19)9-14(17)20)7-12(10-21)18-22-15-5-3-4-6-16(15)24-18/h3-9H,2H2,1H3/b12-7+. The number of halogens is 2. The molecule has 0 amide bonds. The number of oxazole rings is 1. The molecule has 4 nitrogen and oxygen atoms in total. The van der Waals surface area contributed by atoms with Crippen molar-refractivity contribution in [3.8, 4) is 11.8 Å². The van der Waals surface area contributed by atoms with Crippen LogP contribution in [0.25, 0.3) is 22.7 Å². The second kappa shape index (κ2) is 6.96. The lowest BCUT2D eigenvalue weighted by atomic mass is 10.1. The van der Waals surface area contributed by atoms with E-state index in [0.29, 0.717) is 39.1 Å². The number of ether oxygens (including phenoxy) is 1. The van der Waals surface area contributed by atoms with E-state index >= 15 is 0 Å². The minimum absolute atomic E-state index is 0.234. The summed E-state index contributed by atoms with van der Waals surface area (Å²) < 4.78 is 11.2. The number of aromatic nitrogens is 1. The summed E-state index contributed by atoms with van der Waals surface area (Å²) in [7, 11) is 0. The van der Waals surface area contributed by atoms with Crippen LogP contribution < -0.4 is 4.74 Å². The number of rotatable bonds is 4. The average Bonchev–Trinajstić information content (AvgIpc) is 2.99. The molecule has 0 aliphatic heterocycles. The highest BCUT2D eigenvalue weighted by molar-refractivity contribution is 6.36. The molecule has 120 valence electrons. The van der Waals surface area contributed by atoms with Crippen molar-refractivity contribution in [1.82, 2.24) is 4.98 Å². The third-order valence-corrected chi connectivity index (χ3v) is 3.77. The molecule has 3 rings (SSSR count). The zero-order valence-corrected chi connectivity index (χ0v) is 14.2. The van der Waals surface area contributed by atoms with Crippen LogP contribution in [0, 0.1) is 11.3 Å². The molecule has 1 aromatic heterocycles. The number of hydrogen-bond acceptors (Lipinski definition) is 4.